The van der Waals surface area contributed by atoms with Crippen LogP contribution in [0.5, 0.6) is 0 Å². The van der Waals surface area contributed by atoms with Gasteiger partial charge in [-0.2, -0.15) is 8.78 Å². The normalized spacial score (nSPS) is 16.4. The Kier molecular flexibility index (Phi) is 15.1. The average Bonchev–Trinajstić information content (AvgIpc) is 3.25. The molecule has 0 saturated carbocycles. The third-order valence-corrected chi connectivity index (χ3v) is 15.0. The van der Waals surface area contributed by atoms with Gasteiger partial charge in [0.15, 0.2) is 0 Å². The largest absolute Gasteiger partial charge is 0.380 e. The Labute approximate surface area is 367 Å². The van der Waals surface area contributed by atoms with Crippen LogP contribution < -0.4 is 10.0 Å². The van der Waals surface area contributed by atoms with Crippen molar-refractivity contribution in [1.29, 1.82) is 0 Å². The SMILES string of the molecule is CN(C)CC[C@H](CSc1ccccc1)Nc1ccc(S(=O)(=O)Nc2ncnc3c2CCN(C2CCN(Cc4c(F)cccc4-c4ccc(Cl)cc4)CC2)C3)cc1S(=O)C(F)F. The van der Waals surface area contributed by atoms with Crippen LogP contribution in [0.15, 0.2) is 112 Å². The molecule has 324 valence electrons. The smallest absolute Gasteiger partial charge is 0.316 e. The van der Waals surface area contributed by atoms with Crippen molar-refractivity contribution in [3.8, 4) is 11.1 Å². The van der Waals surface area contributed by atoms with E-state index in [1.54, 1.807) is 17.8 Å². The van der Waals surface area contributed by atoms with Gasteiger partial charge in [0.1, 0.15) is 28.8 Å². The molecule has 0 spiro atoms. The standard InChI is InChI=1S/C44H49ClF3N7O3S3/c1-53(2)21-17-32(28-59-34-7-4-3-5-8-34)51-40-16-15-35(25-42(40)60(56)44(47)48)61(57,58)52-43-37-20-24-55(27-41(37)49-29-50-43)33-18-22-54(23-19-33)26-38-36(9-6-10-39(38)46)30-11-13-31(45)14-12-30/h3-16,25,29,32-33,44,51H,17-24,26-28H2,1-2H3,(H,49,50,52)/t32-,60?/m1/s1. The molecular weight excluding hydrogens is 863 g/mol. The lowest BCUT2D eigenvalue weighted by molar-refractivity contribution is 0.0932. The van der Waals surface area contributed by atoms with Gasteiger partial charge >= 0.3 is 5.76 Å². The fourth-order valence-corrected chi connectivity index (χ4v) is 10.9. The van der Waals surface area contributed by atoms with E-state index in [9.17, 15) is 21.4 Å². The van der Waals surface area contributed by atoms with Gasteiger partial charge in [0.2, 0.25) is 0 Å². The van der Waals surface area contributed by atoms with Crippen molar-refractivity contribution >= 4 is 55.7 Å². The first-order chi connectivity index (χ1) is 29.3. The van der Waals surface area contributed by atoms with Crippen molar-refractivity contribution < 1.29 is 25.8 Å². The first kappa shape index (κ1) is 45.0. The van der Waals surface area contributed by atoms with Crippen molar-refractivity contribution in [2.45, 2.75) is 71.3 Å². The van der Waals surface area contributed by atoms with Crippen molar-refractivity contribution in [3.05, 3.63) is 125 Å². The van der Waals surface area contributed by atoms with Gasteiger partial charge in [0, 0.05) is 58.5 Å². The number of anilines is 2. The number of sulfonamides is 1. The van der Waals surface area contributed by atoms with Crippen LogP contribution in [0, 0.1) is 5.82 Å². The predicted molar refractivity (Wildman–Crippen MR) is 239 cm³/mol. The number of benzene rings is 4. The van der Waals surface area contributed by atoms with E-state index >= 15 is 4.39 Å². The molecule has 0 aliphatic carbocycles. The molecule has 1 aromatic heterocycles. The van der Waals surface area contributed by atoms with Gasteiger partial charge < -0.3 is 10.2 Å². The van der Waals surface area contributed by atoms with E-state index in [-0.39, 0.29) is 39.2 Å². The molecule has 5 aromatic rings. The minimum atomic E-state index is -4.34. The van der Waals surface area contributed by atoms with E-state index in [2.05, 4.69) is 29.8 Å². The van der Waals surface area contributed by atoms with Crippen LogP contribution in [0.2, 0.25) is 5.02 Å². The Hall–Kier alpha value is -4.03. The third-order valence-electron chi connectivity index (χ3n) is 11.1. The molecule has 2 aliphatic rings. The van der Waals surface area contributed by atoms with E-state index in [1.807, 2.05) is 79.7 Å². The van der Waals surface area contributed by atoms with Crippen molar-refractivity contribution in [2.75, 3.05) is 56.1 Å². The molecule has 0 bridgehead atoms. The Balaban J connectivity index is 1.01. The van der Waals surface area contributed by atoms with Crippen LogP contribution in [0.1, 0.15) is 36.1 Å². The first-order valence-electron chi connectivity index (χ1n) is 20.1. The number of fused-ring (bicyclic) bond motifs is 1. The molecule has 0 amide bonds. The monoisotopic (exact) mass is 911 g/mol. The Morgan fingerprint density at radius 3 is 2.44 bits per heavy atom. The summed E-state index contributed by atoms with van der Waals surface area (Å²) in [6.45, 7) is 3.92. The quantitative estimate of drug-likeness (QED) is 0.0881. The Morgan fingerprint density at radius 2 is 1.72 bits per heavy atom. The summed E-state index contributed by atoms with van der Waals surface area (Å²) in [5.74, 6) is -2.74. The summed E-state index contributed by atoms with van der Waals surface area (Å²) >= 11 is 7.71. The molecule has 61 heavy (non-hydrogen) atoms. The summed E-state index contributed by atoms with van der Waals surface area (Å²) in [6.07, 6.45) is 4.22. The highest BCUT2D eigenvalue weighted by atomic mass is 35.5. The van der Waals surface area contributed by atoms with Gasteiger partial charge in [0.25, 0.3) is 10.0 Å². The second-order valence-corrected chi connectivity index (χ2v) is 20.1. The number of hydrogen-bond donors (Lipinski definition) is 2. The number of piperidine rings is 1. The molecule has 4 aromatic carbocycles. The van der Waals surface area contributed by atoms with Crippen molar-refractivity contribution in [3.63, 3.8) is 0 Å². The fourth-order valence-electron chi connectivity index (χ4n) is 7.84. The maximum absolute atomic E-state index is 15.2. The van der Waals surface area contributed by atoms with E-state index < -0.39 is 26.6 Å². The van der Waals surface area contributed by atoms with Crippen molar-refractivity contribution in [1.82, 2.24) is 24.7 Å². The van der Waals surface area contributed by atoms with Crippen LogP contribution in [-0.4, -0.2) is 101 Å². The number of rotatable bonds is 17. The first-order valence-corrected chi connectivity index (χ1v) is 24.2. The van der Waals surface area contributed by atoms with Gasteiger partial charge in [-0.3, -0.25) is 14.5 Å². The average molecular weight is 913 g/mol. The van der Waals surface area contributed by atoms with Crippen LogP contribution in [0.25, 0.3) is 11.1 Å². The zero-order chi connectivity index (χ0) is 43.1. The molecule has 17 heteroatoms. The van der Waals surface area contributed by atoms with Gasteiger partial charge in [-0.25, -0.2) is 27.0 Å². The minimum absolute atomic E-state index is 0.126. The highest BCUT2D eigenvalue weighted by Gasteiger charge is 2.31. The second-order valence-electron chi connectivity index (χ2n) is 15.5. The number of aromatic nitrogens is 2. The van der Waals surface area contributed by atoms with E-state index in [0.29, 0.717) is 66.6 Å². The summed E-state index contributed by atoms with van der Waals surface area (Å²) in [5, 5.41) is 3.92. The lowest BCUT2D eigenvalue weighted by Crippen LogP contribution is -2.46. The van der Waals surface area contributed by atoms with E-state index in [0.717, 1.165) is 48.0 Å². The van der Waals surface area contributed by atoms with Crippen LogP contribution in [-0.2, 0) is 40.3 Å². The minimum Gasteiger partial charge on any atom is -0.380 e. The Bertz CT molecular complexity index is 2410. The fraction of sp³-hybridized carbons (Fsp3) is 0.364. The topological polar surface area (TPSA) is 111 Å². The number of thioether (sulfide) groups is 1. The third kappa shape index (κ3) is 11.5. The highest BCUT2D eigenvalue weighted by Crippen LogP contribution is 2.33. The molecule has 2 aliphatic heterocycles. The summed E-state index contributed by atoms with van der Waals surface area (Å²) < 4.78 is 86.7. The number of likely N-dealkylation sites (tertiary alicyclic amines) is 1. The number of nitrogens with zero attached hydrogens (tertiary/aromatic N) is 5. The second kappa shape index (κ2) is 20.4. The maximum Gasteiger partial charge on any atom is 0.316 e. The molecule has 2 N–H and O–H groups in total. The van der Waals surface area contributed by atoms with Crippen LogP contribution >= 0.6 is 23.4 Å². The molecule has 10 nitrogen and oxygen atoms in total. The van der Waals surface area contributed by atoms with E-state index in [4.69, 9.17) is 11.6 Å². The number of alkyl halides is 2. The van der Waals surface area contributed by atoms with Crippen LogP contribution in [0.4, 0.5) is 24.7 Å². The molecule has 1 unspecified atom stereocenters. The number of halogens is 4. The zero-order valence-electron chi connectivity index (χ0n) is 33.9. The molecule has 2 atom stereocenters. The molecule has 1 saturated heterocycles. The maximum atomic E-state index is 15.2. The summed E-state index contributed by atoms with van der Waals surface area (Å²) in [7, 11) is -3.26. The lowest BCUT2D eigenvalue weighted by Gasteiger charge is -2.40. The summed E-state index contributed by atoms with van der Waals surface area (Å²) in [4.78, 5) is 15.9. The van der Waals surface area contributed by atoms with Crippen molar-refractivity contribution in [2.24, 2.45) is 0 Å². The number of hydrogen-bond acceptors (Lipinski definition) is 10. The van der Waals surface area contributed by atoms with Gasteiger partial charge in [0.05, 0.1) is 21.2 Å². The van der Waals surface area contributed by atoms with Gasteiger partial charge in [-0.1, -0.05) is 54.1 Å². The zero-order valence-corrected chi connectivity index (χ0v) is 37.2. The molecule has 3 heterocycles. The molecule has 0 radical (unpaired) electrons. The molecular formula is C44H49ClF3N7O3S3. The van der Waals surface area contributed by atoms with Gasteiger partial charge in [-0.05, 0) is 119 Å². The van der Waals surface area contributed by atoms with E-state index in [1.165, 1.54) is 24.5 Å². The number of nitrogens with one attached hydrogen (secondary N) is 2. The Morgan fingerprint density at radius 1 is 0.967 bits per heavy atom. The predicted octanol–water partition coefficient (Wildman–Crippen LogP) is 8.61. The van der Waals surface area contributed by atoms with Gasteiger partial charge in [-0.15, -0.1) is 11.8 Å². The summed E-state index contributed by atoms with van der Waals surface area (Å²) in [6, 6.07) is 26.2. The molecule has 7 rings (SSSR count). The highest BCUT2D eigenvalue weighted by molar-refractivity contribution is 7.99. The summed E-state index contributed by atoms with van der Waals surface area (Å²) in [5.41, 5.74) is 3.99. The van der Waals surface area contributed by atoms with Crippen LogP contribution in [0.3, 0.4) is 0 Å². The lowest BCUT2D eigenvalue weighted by atomic mass is 9.96. The molecule has 1 fully saturated rings.